The van der Waals surface area contributed by atoms with Gasteiger partial charge in [-0.25, -0.2) is 4.98 Å². The maximum Gasteiger partial charge on any atom is 0.179 e. The summed E-state index contributed by atoms with van der Waals surface area (Å²) in [7, 11) is 0. The van der Waals surface area contributed by atoms with E-state index < -0.39 is 0 Å². The van der Waals surface area contributed by atoms with E-state index in [9.17, 15) is 0 Å². The molecule has 2 N–H and O–H groups in total. The van der Waals surface area contributed by atoms with Crippen molar-refractivity contribution in [2.75, 3.05) is 11.4 Å². The highest BCUT2D eigenvalue weighted by atomic mass is 79.9. The van der Waals surface area contributed by atoms with Crippen LogP contribution in [-0.2, 0) is 6.42 Å². The third-order valence-electron chi connectivity index (χ3n) is 5.60. The number of rotatable bonds is 6. The van der Waals surface area contributed by atoms with Crippen molar-refractivity contribution in [1.82, 2.24) is 15.3 Å². The molecule has 3 aromatic carbocycles. The van der Waals surface area contributed by atoms with E-state index in [1.807, 2.05) is 18.2 Å². The molecule has 0 amide bonds. The van der Waals surface area contributed by atoms with Crippen LogP contribution < -0.4 is 10.2 Å². The molecule has 0 spiro atoms. The zero-order valence-corrected chi connectivity index (χ0v) is 21.6. The maximum atomic E-state index is 5.78. The quantitative estimate of drug-likeness (QED) is 0.200. The summed E-state index contributed by atoms with van der Waals surface area (Å²) in [6, 6.07) is 22.8. The first-order valence-corrected chi connectivity index (χ1v) is 12.7. The molecule has 4 aromatic rings. The minimum absolute atomic E-state index is 0.153. The molecule has 1 saturated heterocycles. The number of hydrogen-bond acceptors (Lipinski definition) is 3. The molecule has 5 nitrogen and oxygen atoms in total. The minimum atomic E-state index is -0.153. The number of benzene rings is 3. The van der Waals surface area contributed by atoms with Gasteiger partial charge in [0.05, 0.1) is 17.4 Å². The third kappa shape index (κ3) is 4.88. The average Bonchev–Trinajstić information content (AvgIpc) is 3.40. The van der Waals surface area contributed by atoms with Crippen LogP contribution >= 0.6 is 44.1 Å². The Hall–Kier alpha value is -2.55. The number of aliphatic imine (C=N–C) groups is 1. The molecular weight excluding hydrogens is 562 g/mol. The van der Waals surface area contributed by atoms with Crippen molar-refractivity contribution in [1.29, 1.82) is 0 Å². The number of hydrogen-bond donors (Lipinski definition) is 2. The van der Waals surface area contributed by atoms with Gasteiger partial charge in [0.1, 0.15) is 11.9 Å². The standard InChI is InChI=1S/C25H21Br2N5S/c26-18-11-17(12-19(27)13-18)23-24(28-10-4-7-16-5-2-1-3-6-16)31-25(33)32(23)20-8-9-21-22(14-20)30-15-29-21/h1-3,5-6,8-9,11-15,23H,4,7,10H2,(H,29,30)(H,28,31,33). The maximum absolute atomic E-state index is 5.78. The zero-order chi connectivity index (χ0) is 22.8. The lowest BCUT2D eigenvalue weighted by Crippen LogP contribution is -2.29. The number of aromatic amines is 1. The fourth-order valence-electron chi connectivity index (χ4n) is 4.11. The lowest BCUT2D eigenvalue weighted by molar-refractivity contribution is 0.821. The fourth-order valence-corrected chi connectivity index (χ4v) is 5.75. The number of imidazole rings is 1. The average molecular weight is 583 g/mol. The van der Waals surface area contributed by atoms with E-state index in [0.29, 0.717) is 5.11 Å². The summed E-state index contributed by atoms with van der Waals surface area (Å²) in [6.45, 7) is 0.720. The Balaban J connectivity index is 1.47. The molecule has 166 valence electrons. The first-order chi connectivity index (χ1) is 16.1. The van der Waals surface area contributed by atoms with E-state index in [4.69, 9.17) is 17.2 Å². The molecule has 1 aliphatic heterocycles. The van der Waals surface area contributed by atoms with Crippen molar-refractivity contribution in [3.05, 3.63) is 93.1 Å². The lowest BCUT2D eigenvalue weighted by Gasteiger charge is -2.25. The number of anilines is 1. The number of H-pyrrole nitrogens is 1. The molecule has 33 heavy (non-hydrogen) atoms. The monoisotopic (exact) mass is 581 g/mol. The van der Waals surface area contributed by atoms with Crippen molar-refractivity contribution in [3.8, 4) is 0 Å². The fraction of sp³-hybridized carbons (Fsp3) is 0.160. The predicted molar refractivity (Wildman–Crippen MR) is 146 cm³/mol. The number of thiocarbonyl (C=S) groups is 1. The van der Waals surface area contributed by atoms with Gasteiger partial charge in [-0.15, -0.1) is 0 Å². The summed E-state index contributed by atoms with van der Waals surface area (Å²) in [6.07, 6.45) is 3.67. The van der Waals surface area contributed by atoms with E-state index in [-0.39, 0.29) is 6.04 Å². The van der Waals surface area contributed by atoms with Crippen molar-refractivity contribution < 1.29 is 0 Å². The van der Waals surface area contributed by atoms with Gasteiger partial charge in [0.2, 0.25) is 0 Å². The molecule has 1 aliphatic rings. The highest BCUT2D eigenvalue weighted by molar-refractivity contribution is 9.11. The predicted octanol–water partition coefficient (Wildman–Crippen LogP) is 6.56. The van der Waals surface area contributed by atoms with Gasteiger partial charge in [-0.3, -0.25) is 4.99 Å². The number of aromatic nitrogens is 2. The Morgan fingerprint density at radius 3 is 2.58 bits per heavy atom. The molecule has 1 unspecified atom stereocenters. The second-order valence-corrected chi connectivity index (χ2v) is 10.1. The number of amidine groups is 1. The normalized spacial score (nSPS) is 17.2. The van der Waals surface area contributed by atoms with Gasteiger partial charge in [-0.05, 0) is 72.6 Å². The largest absolute Gasteiger partial charge is 0.345 e. The van der Waals surface area contributed by atoms with E-state index in [1.54, 1.807) is 6.33 Å². The SMILES string of the molecule is S=C1N/C(=N/CCCc2ccccc2)C(c2cc(Br)cc(Br)c2)N1c1ccc2[nH]cnc2c1. The summed E-state index contributed by atoms with van der Waals surface area (Å²) >= 11 is 13.0. The Kier molecular flexibility index (Phi) is 6.57. The first kappa shape index (κ1) is 22.3. The van der Waals surface area contributed by atoms with E-state index in [2.05, 4.69) is 101 Å². The number of fused-ring (bicyclic) bond motifs is 1. The van der Waals surface area contributed by atoms with E-state index in [1.165, 1.54) is 5.56 Å². The van der Waals surface area contributed by atoms with Crippen LogP contribution in [0.5, 0.6) is 0 Å². The summed E-state index contributed by atoms with van der Waals surface area (Å²) in [4.78, 5) is 14.6. The number of nitrogens with one attached hydrogen (secondary N) is 2. The van der Waals surface area contributed by atoms with Crippen LogP contribution in [0.4, 0.5) is 5.69 Å². The number of aryl methyl sites for hydroxylation is 1. The van der Waals surface area contributed by atoms with Crippen molar-refractivity contribution in [2.24, 2.45) is 4.99 Å². The highest BCUT2D eigenvalue weighted by Crippen LogP contribution is 2.35. The van der Waals surface area contributed by atoms with Crippen molar-refractivity contribution in [2.45, 2.75) is 18.9 Å². The van der Waals surface area contributed by atoms with Gasteiger partial charge in [-0.1, -0.05) is 62.2 Å². The molecular formula is C25H21Br2N5S. The van der Waals surface area contributed by atoms with Crippen molar-refractivity contribution >= 4 is 71.7 Å². The van der Waals surface area contributed by atoms with Gasteiger partial charge >= 0.3 is 0 Å². The smallest absolute Gasteiger partial charge is 0.179 e. The number of nitrogens with zero attached hydrogens (tertiary/aromatic N) is 3. The summed E-state index contributed by atoms with van der Waals surface area (Å²) in [5.74, 6) is 0.861. The van der Waals surface area contributed by atoms with Crippen LogP contribution in [0, 0.1) is 0 Å². The van der Waals surface area contributed by atoms with Crippen LogP contribution in [0.3, 0.4) is 0 Å². The molecule has 0 saturated carbocycles. The zero-order valence-electron chi connectivity index (χ0n) is 17.6. The van der Waals surface area contributed by atoms with E-state index in [0.717, 1.165) is 56.5 Å². The minimum Gasteiger partial charge on any atom is -0.345 e. The van der Waals surface area contributed by atoms with Crippen LogP contribution in [-0.4, -0.2) is 27.5 Å². The summed E-state index contributed by atoms with van der Waals surface area (Å²) < 4.78 is 1.99. The molecule has 1 fully saturated rings. The highest BCUT2D eigenvalue weighted by Gasteiger charge is 2.36. The Morgan fingerprint density at radius 2 is 1.79 bits per heavy atom. The van der Waals surface area contributed by atoms with Crippen LogP contribution in [0.2, 0.25) is 0 Å². The van der Waals surface area contributed by atoms with Crippen molar-refractivity contribution in [3.63, 3.8) is 0 Å². The molecule has 1 aromatic heterocycles. The topological polar surface area (TPSA) is 56.3 Å². The Morgan fingerprint density at radius 1 is 1.00 bits per heavy atom. The van der Waals surface area contributed by atoms with Crippen LogP contribution in [0.15, 0.2) is 87.0 Å². The second kappa shape index (κ2) is 9.75. The first-order valence-electron chi connectivity index (χ1n) is 10.7. The van der Waals surface area contributed by atoms with E-state index >= 15 is 0 Å². The van der Waals surface area contributed by atoms with Crippen LogP contribution in [0.25, 0.3) is 11.0 Å². The Bertz CT molecular complexity index is 1310. The third-order valence-corrected chi connectivity index (χ3v) is 6.82. The van der Waals surface area contributed by atoms with Gasteiger partial charge in [0, 0.05) is 21.2 Å². The molecule has 5 rings (SSSR count). The second-order valence-electron chi connectivity index (χ2n) is 7.87. The Labute approximate surface area is 214 Å². The molecule has 1 atom stereocenters. The molecule has 0 aliphatic carbocycles. The van der Waals surface area contributed by atoms with Gasteiger partial charge < -0.3 is 15.2 Å². The lowest BCUT2D eigenvalue weighted by atomic mass is 10.0. The molecule has 0 radical (unpaired) electrons. The molecule has 8 heteroatoms. The summed E-state index contributed by atoms with van der Waals surface area (Å²) in [5, 5.41) is 4.01. The summed E-state index contributed by atoms with van der Waals surface area (Å²) in [5.41, 5.74) is 5.29. The van der Waals surface area contributed by atoms with Crippen LogP contribution in [0.1, 0.15) is 23.6 Å². The van der Waals surface area contributed by atoms with Gasteiger partial charge in [0.25, 0.3) is 0 Å². The molecule has 0 bridgehead atoms. The van der Waals surface area contributed by atoms with Gasteiger partial charge in [0.15, 0.2) is 5.11 Å². The number of halogens is 2. The van der Waals surface area contributed by atoms with Gasteiger partial charge in [-0.2, -0.15) is 0 Å². The molecule has 2 heterocycles.